The molecule has 0 bridgehead atoms. The Kier molecular flexibility index (Phi) is 6.67. The Bertz CT molecular complexity index is 791. The van der Waals surface area contributed by atoms with Crippen LogP contribution in [-0.2, 0) is 0 Å². The molecule has 2 aromatic carbocycles. The summed E-state index contributed by atoms with van der Waals surface area (Å²) in [7, 11) is 0. The number of benzene rings is 2. The van der Waals surface area contributed by atoms with Crippen LogP contribution in [0.2, 0.25) is 0 Å². The van der Waals surface area contributed by atoms with Gasteiger partial charge in [-0.1, -0.05) is 23.8 Å². The third-order valence-electron chi connectivity index (χ3n) is 3.22. The fraction of sp³-hybridized carbons (Fsp3) is 0.176. The molecule has 8 heteroatoms. The first-order valence-corrected chi connectivity index (χ1v) is 8.42. The highest BCUT2D eigenvalue weighted by Gasteiger charge is 2.14. The zero-order valence-corrected chi connectivity index (χ0v) is 14.3. The maximum atomic E-state index is 11.9. The highest BCUT2D eigenvalue weighted by Crippen LogP contribution is 2.29. The second kappa shape index (κ2) is 8.95. The first kappa shape index (κ1) is 18.6. The number of hydrogen-bond acceptors (Lipinski definition) is 6. The molecule has 130 valence electrons. The van der Waals surface area contributed by atoms with Crippen molar-refractivity contribution in [3.63, 3.8) is 0 Å². The lowest BCUT2D eigenvalue weighted by Crippen LogP contribution is -2.17. The summed E-state index contributed by atoms with van der Waals surface area (Å²) in [6.45, 7) is 1.87. The van der Waals surface area contributed by atoms with E-state index in [4.69, 9.17) is 5.11 Å². The Balaban J connectivity index is 2.07. The van der Waals surface area contributed by atoms with Crippen molar-refractivity contribution in [1.29, 1.82) is 0 Å². The molecule has 0 atom stereocenters. The summed E-state index contributed by atoms with van der Waals surface area (Å²) in [6.07, 6.45) is 1.35. The SMILES string of the molecule is Cc1ccc(C(=O)NN=Cc2ccc(SCCO)c([N+](=O)[O-])c2)cc1. The van der Waals surface area contributed by atoms with Crippen molar-refractivity contribution in [1.82, 2.24) is 5.43 Å². The fourth-order valence-electron chi connectivity index (χ4n) is 1.97. The zero-order valence-electron chi connectivity index (χ0n) is 13.5. The third kappa shape index (κ3) is 5.40. The summed E-state index contributed by atoms with van der Waals surface area (Å²) in [5.41, 5.74) is 4.34. The first-order chi connectivity index (χ1) is 12.0. The summed E-state index contributed by atoms with van der Waals surface area (Å²) in [5.74, 6) is 0.0156. The number of nitrogens with zero attached hydrogens (tertiary/aromatic N) is 2. The molecule has 2 rings (SSSR count). The number of nitro groups is 1. The number of nitro benzene ring substituents is 1. The second-order valence-electron chi connectivity index (χ2n) is 5.12. The van der Waals surface area contributed by atoms with E-state index in [9.17, 15) is 14.9 Å². The van der Waals surface area contributed by atoms with Crippen LogP contribution in [0.25, 0.3) is 0 Å². The largest absolute Gasteiger partial charge is 0.396 e. The minimum Gasteiger partial charge on any atom is -0.396 e. The van der Waals surface area contributed by atoms with Gasteiger partial charge < -0.3 is 5.11 Å². The number of carbonyl (C=O) groups is 1. The topological polar surface area (TPSA) is 105 Å². The molecule has 2 aromatic rings. The van der Waals surface area contributed by atoms with Crippen LogP contribution in [0.4, 0.5) is 5.69 Å². The van der Waals surface area contributed by atoms with E-state index in [1.54, 1.807) is 24.3 Å². The molecule has 25 heavy (non-hydrogen) atoms. The lowest BCUT2D eigenvalue weighted by Gasteiger charge is -2.03. The van der Waals surface area contributed by atoms with Crippen molar-refractivity contribution in [3.8, 4) is 0 Å². The summed E-state index contributed by atoms with van der Waals surface area (Å²) >= 11 is 1.21. The van der Waals surface area contributed by atoms with Gasteiger partial charge in [0.1, 0.15) is 0 Å². The minimum atomic E-state index is -0.484. The highest BCUT2D eigenvalue weighted by atomic mass is 32.2. The molecule has 0 aliphatic heterocycles. The van der Waals surface area contributed by atoms with Crippen LogP contribution in [-0.4, -0.2) is 34.5 Å². The number of hydrogen-bond donors (Lipinski definition) is 2. The Hall–Kier alpha value is -2.71. The number of aliphatic hydroxyl groups excluding tert-OH is 1. The molecule has 0 aliphatic carbocycles. The van der Waals surface area contributed by atoms with Crippen molar-refractivity contribution >= 4 is 29.6 Å². The van der Waals surface area contributed by atoms with Gasteiger partial charge in [-0.25, -0.2) is 5.43 Å². The first-order valence-electron chi connectivity index (χ1n) is 7.43. The van der Waals surface area contributed by atoms with Gasteiger partial charge in [0.05, 0.1) is 22.6 Å². The molecule has 0 fully saturated rings. The van der Waals surface area contributed by atoms with E-state index < -0.39 is 4.92 Å². The number of amides is 1. The average Bonchev–Trinajstić information content (AvgIpc) is 2.60. The number of aryl methyl sites for hydroxylation is 1. The van der Waals surface area contributed by atoms with Gasteiger partial charge in [-0.15, -0.1) is 11.8 Å². The lowest BCUT2D eigenvalue weighted by atomic mass is 10.1. The molecule has 0 spiro atoms. The number of thioether (sulfide) groups is 1. The van der Waals surface area contributed by atoms with Crippen LogP contribution in [0, 0.1) is 17.0 Å². The van der Waals surface area contributed by atoms with Crippen molar-refractivity contribution in [3.05, 3.63) is 69.3 Å². The van der Waals surface area contributed by atoms with Crippen LogP contribution < -0.4 is 5.43 Å². The number of rotatable bonds is 7. The number of hydrazone groups is 1. The van der Waals surface area contributed by atoms with Crippen LogP contribution in [0.3, 0.4) is 0 Å². The van der Waals surface area contributed by atoms with Gasteiger partial charge >= 0.3 is 0 Å². The van der Waals surface area contributed by atoms with Crippen molar-refractivity contribution in [2.45, 2.75) is 11.8 Å². The summed E-state index contributed by atoms with van der Waals surface area (Å²) < 4.78 is 0. The van der Waals surface area contributed by atoms with Gasteiger partial charge in [0.15, 0.2) is 0 Å². The lowest BCUT2D eigenvalue weighted by molar-refractivity contribution is -0.387. The smallest absolute Gasteiger partial charge is 0.283 e. The predicted molar refractivity (Wildman–Crippen MR) is 97.1 cm³/mol. The van der Waals surface area contributed by atoms with Gasteiger partial charge in [-0.3, -0.25) is 14.9 Å². The van der Waals surface area contributed by atoms with E-state index in [-0.39, 0.29) is 18.2 Å². The summed E-state index contributed by atoms with van der Waals surface area (Å²) in [6, 6.07) is 11.7. The van der Waals surface area contributed by atoms with E-state index in [0.29, 0.717) is 21.8 Å². The van der Waals surface area contributed by atoms with E-state index in [0.717, 1.165) is 5.56 Å². The van der Waals surface area contributed by atoms with Gasteiger partial charge in [-0.05, 0) is 25.1 Å². The molecule has 0 heterocycles. The van der Waals surface area contributed by atoms with Crippen molar-refractivity contribution in [2.24, 2.45) is 5.10 Å². The predicted octanol–water partition coefficient (Wildman–Crippen LogP) is 2.75. The van der Waals surface area contributed by atoms with Crippen LogP contribution in [0.15, 0.2) is 52.5 Å². The Morgan fingerprint density at radius 3 is 2.68 bits per heavy atom. The number of aliphatic hydroxyl groups is 1. The average molecular weight is 359 g/mol. The summed E-state index contributed by atoms with van der Waals surface area (Å²) in [5, 5.41) is 23.8. The molecule has 0 unspecified atom stereocenters. The molecular formula is C17H17N3O4S. The molecule has 2 N–H and O–H groups in total. The Morgan fingerprint density at radius 2 is 2.04 bits per heavy atom. The Labute approximate surface area is 148 Å². The molecule has 0 radical (unpaired) electrons. The van der Waals surface area contributed by atoms with Gasteiger partial charge in [0, 0.05) is 22.9 Å². The number of carbonyl (C=O) groups excluding carboxylic acids is 1. The van der Waals surface area contributed by atoms with Gasteiger partial charge in [0.25, 0.3) is 11.6 Å². The van der Waals surface area contributed by atoms with Crippen LogP contribution >= 0.6 is 11.8 Å². The molecule has 0 saturated carbocycles. The quantitative estimate of drug-likeness (QED) is 0.342. The monoisotopic (exact) mass is 359 g/mol. The van der Waals surface area contributed by atoms with Crippen molar-refractivity contribution < 1.29 is 14.8 Å². The molecule has 0 aromatic heterocycles. The molecule has 0 saturated heterocycles. The van der Waals surface area contributed by atoms with E-state index in [2.05, 4.69) is 10.5 Å². The standard InChI is InChI=1S/C17H17N3O4S/c1-12-2-5-14(6-3-12)17(22)19-18-11-13-4-7-16(25-9-8-21)15(10-13)20(23)24/h2-7,10-11,21H,8-9H2,1H3,(H,19,22). The molecule has 7 nitrogen and oxygen atoms in total. The van der Waals surface area contributed by atoms with Crippen LogP contribution in [0.5, 0.6) is 0 Å². The second-order valence-corrected chi connectivity index (χ2v) is 6.26. The van der Waals surface area contributed by atoms with E-state index in [1.165, 1.54) is 24.0 Å². The molecule has 0 aliphatic rings. The van der Waals surface area contributed by atoms with Gasteiger partial charge in [0.2, 0.25) is 0 Å². The minimum absolute atomic E-state index is 0.0595. The van der Waals surface area contributed by atoms with E-state index >= 15 is 0 Å². The fourth-order valence-corrected chi connectivity index (χ4v) is 2.73. The molecule has 1 amide bonds. The maximum Gasteiger partial charge on any atom is 0.283 e. The summed E-state index contributed by atoms with van der Waals surface area (Å²) in [4.78, 5) is 23.1. The highest BCUT2D eigenvalue weighted by molar-refractivity contribution is 7.99. The maximum absolute atomic E-state index is 11.9. The van der Waals surface area contributed by atoms with Crippen molar-refractivity contribution in [2.75, 3.05) is 12.4 Å². The van der Waals surface area contributed by atoms with Gasteiger partial charge in [-0.2, -0.15) is 5.10 Å². The van der Waals surface area contributed by atoms with E-state index in [1.807, 2.05) is 19.1 Å². The normalized spacial score (nSPS) is 10.8. The molecular weight excluding hydrogens is 342 g/mol. The zero-order chi connectivity index (χ0) is 18.2. The third-order valence-corrected chi connectivity index (χ3v) is 4.26. The number of nitrogens with one attached hydrogen (secondary N) is 1. The van der Waals surface area contributed by atoms with Crippen LogP contribution in [0.1, 0.15) is 21.5 Å². The Morgan fingerprint density at radius 1 is 1.32 bits per heavy atom.